The number of amides is 1. The Kier molecular flexibility index (Phi) is 5.96. The second kappa shape index (κ2) is 7.73. The minimum Gasteiger partial charge on any atom is -0.344 e. The third-order valence-corrected chi connectivity index (χ3v) is 4.81. The van der Waals surface area contributed by atoms with Crippen molar-refractivity contribution in [3.63, 3.8) is 0 Å². The standard InChI is InChI=1S/C16H19BrN2OS/c1-12(15-4-3-9-21-15)18-16(20)11-19(2)10-13-5-7-14(17)8-6-13/h3-9,12H,10-11H2,1-2H3,(H,18,20)/p+1/t12-/m1/s1. The van der Waals surface area contributed by atoms with Crippen LogP contribution in [0.25, 0.3) is 0 Å². The lowest BCUT2D eigenvalue weighted by Gasteiger charge is -2.16. The largest absolute Gasteiger partial charge is 0.344 e. The molecule has 3 nitrogen and oxygen atoms in total. The van der Waals surface area contributed by atoms with Gasteiger partial charge in [0, 0.05) is 14.9 Å². The van der Waals surface area contributed by atoms with Crippen molar-refractivity contribution < 1.29 is 9.69 Å². The van der Waals surface area contributed by atoms with Gasteiger partial charge in [0.2, 0.25) is 0 Å². The van der Waals surface area contributed by atoms with Crippen molar-refractivity contribution in [1.29, 1.82) is 0 Å². The number of hydrogen-bond donors (Lipinski definition) is 2. The van der Waals surface area contributed by atoms with E-state index in [1.807, 2.05) is 43.6 Å². The number of carbonyl (C=O) groups is 1. The first-order valence-electron chi connectivity index (χ1n) is 6.93. The van der Waals surface area contributed by atoms with Crippen LogP contribution in [0.2, 0.25) is 0 Å². The van der Waals surface area contributed by atoms with Gasteiger partial charge in [0.05, 0.1) is 13.1 Å². The molecule has 21 heavy (non-hydrogen) atoms. The Bertz CT molecular complexity index is 568. The Labute approximate surface area is 138 Å². The van der Waals surface area contributed by atoms with Crippen molar-refractivity contribution in [3.05, 3.63) is 56.7 Å². The molecular formula is C16H20BrN2OS+. The van der Waals surface area contributed by atoms with Crippen molar-refractivity contribution >= 4 is 33.2 Å². The molecule has 2 atom stereocenters. The summed E-state index contributed by atoms with van der Waals surface area (Å²) >= 11 is 5.10. The normalized spacial score (nSPS) is 13.7. The molecule has 0 spiro atoms. The predicted molar refractivity (Wildman–Crippen MR) is 90.5 cm³/mol. The summed E-state index contributed by atoms with van der Waals surface area (Å²) in [5, 5.41) is 5.08. The summed E-state index contributed by atoms with van der Waals surface area (Å²) in [6, 6.07) is 12.4. The first-order chi connectivity index (χ1) is 10.0. The Balaban J connectivity index is 1.80. The van der Waals surface area contributed by atoms with Crippen LogP contribution in [0.15, 0.2) is 46.3 Å². The molecule has 0 aliphatic carbocycles. The third-order valence-electron chi connectivity index (χ3n) is 3.23. The molecule has 1 unspecified atom stereocenters. The number of thiophene rings is 1. The number of nitrogens with one attached hydrogen (secondary N) is 2. The maximum atomic E-state index is 12.1. The van der Waals surface area contributed by atoms with Gasteiger partial charge in [-0.25, -0.2) is 0 Å². The van der Waals surface area contributed by atoms with E-state index < -0.39 is 0 Å². The minimum atomic E-state index is 0.0815. The fourth-order valence-electron chi connectivity index (χ4n) is 2.19. The average Bonchev–Trinajstić information content (AvgIpc) is 2.95. The van der Waals surface area contributed by atoms with Crippen LogP contribution >= 0.6 is 27.3 Å². The molecule has 0 radical (unpaired) electrons. The van der Waals surface area contributed by atoms with Gasteiger partial charge in [0.15, 0.2) is 6.54 Å². The molecule has 2 aromatic rings. The van der Waals surface area contributed by atoms with Crippen LogP contribution in [0.1, 0.15) is 23.4 Å². The molecule has 2 rings (SSSR count). The van der Waals surface area contributed by atoms with E-state index in [9.17, 15) is 4.79 Å². The summed E-state index contributed by atoms with van der Waals surface area (Å²) in [6.45, 7) is 3.34. The second-order valence-corrected chi connectivity index (χ2v) is 7.14. The zero-order valence-electron chi connectivity index (χ0n) is 12.2. The summed E-state index contributed by atoms with van der Waals surface area (Å²) in [6.07, 6.45) is 0. The lowest BCUT2D eigenvalue weighted by molar-refractivity contribution is -0.885. The smallest absolute Gasteiger partial charge is 0.275 e. The van der Waals surface area contributed by atoms with E-state index in [1.165, 1.54) is 15.3 Å². The molecule has 0 aliphatic heterocycles. The van der Waals surface area contributed by atoms with E-state index >= 15 is 0 Å². The second-order valence-electron chi connectivity index (χ2n) is 5.24. The van der Waals surface area contributed by atoms with Gasteiger partial charge in [0.25, 0.3) is 5.91 Å². The molecule has 1 amide bonds. The maximum absolute atomic E-state index is 12.1. The van der Waals surface area contributed by atoms with Gasteiger partial charge in [0.1, 0.15) is 6.54 Å². The number of halogens is 1. The first-order valence-corrected chi connectivity index (χ1v) is 8.60. The lowest BCUT2D eigenvalue weighted by atomic mass is 10.2. The number of likely N-dealkylation sites (N-methyl/N-ethyl adjacent to an activating group) is 1. The van der Waals surface area contributed by atoms with Crippen molar-refractivity contribution in [2.45, 2.75) is 19.5 Å². The summed E-state index contributed by atoms with van der Waals surface area (Å²) in [5.74, 6) is 0.0884. The fourth-order valence-corrected chi connectivity index (χ4v) is 3.19. The van der Waals surface area contributed by atoms with Gasteiger partial charge in [-0.2, -0.15) is 0 Å². The molecule has 0 aliphatic rings. The highest BCUT2D eigenvalue weighted by Crippen LogP contribution is 2.17. The molecule has 0 fully saturated rings. The molecule has 2 N–H and O–H groups in total. The molecular weight excluding hydrogens is 348 g/mol. The highest BCUT2D eigenvalue weighted by Gasteiger charge is 2.14. The van der Waals surface area contributed by atoms with Crippen LogP contribution in [0.5, 0.6) is 0 Å². The number of carbonyl (C=O) groups excluding carboxylic acids is 1. The fraction of sp³-hybridized carbons (Fsp3) is 0.312. The zero-order valence-corrected chi connectivity index (χ0v) is 14.6. The summed E-state index contributed by atoms with van der Waals surface area (Å²) in [7, 11) is 2.04. The molecule has 1 heterocycles. The highest BCUT2D eigenvalue weighted by molar-refractivity contribution is 9.10. The van der Waals surface area contributed by atoms with Crippen LogP contribution in [-0.4, -0.2) is 19.5 Å². The molecule has 0 saturated carbocycles. The van der Waals surface area contributed by atoms with Crippen LogP contribution in [0, 0.1) is 0 Å². The molecule has 112 valence electrons. The summed E-state index contributed by atoms with van der Waals surface area (Å²) in [4.78, 5) is 14.4. The molecule has 1 aromatic heterocycles. The lowest BCUT2D eigenvalue weighted by Crippen LogP contribution is -3.08. The van der Waals surface area contributed by atoms with E-state index in [-0.39, 0.29) is 11.9 Å². The van der Waals surface area contributed by atoms with Crippen LogP contribution < -0.4 is 10.2 Å². The van der Waals surface area contributed by atoms with Gasteiger partial charge >= 0.3 is 0 Å². The van der Waals surface area contributed by atoms with Crippen LogP contribution in [-0.2, 0) is 11.3 Å². The van der Waals surface area contributed by atoms with Gasteiger partial charge < -0.3 is 10.2 Å². The first kappa shape index (κ1) is 16.2. The Morgan fingerprint density at radius 2 is 2.05 bits per heavy atom. The summed E-state index contributed by atoms with van der Waals surface area (Å²) in [5.41, 5.74) is 1.23. The maximum Gasteiger partial charge on any atom is 0.275 e. The average molecular weight is 368 g/mol. The molecule has 1 aromatic carbocycles. The van der Waals surface area contributed by atoms with Gasteiger partial charge in [-0.3, -0.25) is 4.79 Å². The molecule has 0 bridgehead atoms. The SMILES string of the molecule is C[C@@H](NC(=O)C[NH+](C)Cc1ccc(Br)cc1)c1cccs1. The zero-order chi connectivity index (χ0) is 15.2. The predicted octanol–water partition coefficient (Wildman–Crippen LogP) is 2.40. The topological polar surface area (TPSA) is 33.5 Å². The quantitative estimate of drug-likeness (QED) is 0.807. The van der Waals surface area contributed by atoms with E-state index in [1.54, 1.807) is 11.3 Å². The Hall–Kier alpha value is -1.17. The van der Waals surface area contributed by atoms with Crippen molar-refractivity contribution in [3.8, 4) is 0 Å². The van der Waals surface area contributed by atoms with E-state index in [0.29, 0.717) is 6.54 Å². The van der Waals surface area contributed by atoms with Gasteiger partial charge in [-0.1, -0.05) is 34.1 Å². The van der Waals surface area contributed by atoms with Crippen LogP contribution in [0.3, 0.4) is 0 Å². The Morgan fingerprint density at radius 3 is 2.67 bits per heavy atom. The third kappa shape index (κ3) is 5.26. The number of hydrogen-bond acceptors (Lipinski definition) is 2. The van der Waals surface area contributed by atoms with E-state index in [0.717, 1.165) is 11.0 Å². The van der Waals surface area contributed by atoms with Gasteiger partial charge in [-0.05, 0) is 30.5 Å². The Morgan fingerprint density at radius 1 is 1.33 bits per heavy atom. The number of quaternary nitrogens is 1. The van der Waals surface area contributed by atoms with E-state index in [4.69, 9.17) is 0 Å². The van der Waals surface area contributed by atoms with Crippen molar-refractivity contribution in [2.24, 2.45) is 0 Å². The number of benzene rings is 1. The number of rotatable bonds is 6. The van der Waals surface area contributed by atoms with Gasteiger partial charge in [-0.15, -0.1) is 11.3 Å². The molecule has 0 saturated heterocycles. The van der Waals surface area contributed by atoms with Crippen LogP contribution in [0.4, 0.5) is 0 Å². The van der Waals surface area contributed by atoms with Crippen molar-refractivity contribution in [1.82, 2.24) is 5.32 Å². The van der Waals surface area contributed by atoms with E-state index in [2.05, 4.69) is 33.4 Å². The minimum absolute atomic E-state index is 0.0815. The monoisotopic (exact) mass is 367 g/mol. The van der Waals surface area contributed by atoms with Crippen molar-refractivity contribution in [2.75, 3.05) is 13.6 Å². The molecule has 5 heteroatoms. The highest BCUT2D eigenvalue weighted by atomic mass is 79.9. The summed E-state index contributed by atoms with van der Waals surface area (Å²) < 4.78 is 1.08.